The normalized spacial score (nSPS) is 23.9. The van der Waals surface area contributed by atoms with Crippen molar-refractivity contribution in [2.45, 2.75) is 18.8 Å². The number of imide groups is 1. The van der Waals surface area contributed by atoms with E-state index in [2.05, 4.69) is 29.6 Å². The molecule has 0 spiro atoms. The van der Waals surface area contributed by atoms with Crippen molar-refractivity contribution in [2.75, 3.05) is 17.3 Å². The predicted octanol–water partition coefficient (Wildman–Crippen LogP) is 6.39. The summed E-state index contributed by atoms with van der Waals surface area (Å²) in [6.07, 6.45) is 0. The molecule has 7 heteroatoms. The summed E-state index contributed by atoms with van der Waals surface area (Å²) in [7, 11) is 1.51. The lowest BCUT2D eigenvalue weighted by Gasteiger charge is -2.51. The van der Waals surface area contributed by atoms with Gasteiger partial charge in [0.15, 0.2) is 0 Å². The molecule has 1 saturated heterocycles. The zero-order valence-electron chi connectivity index (χ0n) is 21.9. The van der Waals surface area contributed by atoms with Crippen LogP contribution in [-0.2, 0) is 9.59 Å². The fourth-order valence-corrected chi connectivity index (χ4v) is 7.27. The summed E-state index contributed by atoms with van der Waals surface area (Å²) in [4.78, 5) is 42.7. The number of nitrogens with zero attached hydrogens (tertiary/aromatic N) is 1. The molecule has 40 heavy (non-hydrogen) atoms. The fourth-order valence-electron chi connectivity index (χ4n) is 7.09. The first-order valence-corrected chi connectivity index (χ1v) is 13.5. The molecule has 4 aromatic carbocycles. The summed E-state index contributed by atoms with van der Waals surface area (Å²) in [6.45, 7) is 1.95. The molecule has 1 heterocycles. The summed E-state index contributed by atoms with van der Waals surface area (Å²) in [5, 5.41) is 3.28. The third kappa shape index (κ3) is 3.26. The first kappa shape index (κ1) is 24.6. The maximum atomic E-state index is 14.2. The molecular formula is C33H25ClN2O4. The fraction of sp³-hybridized carbons (Fsp3) is 0.182. The van der Waals surface area contributed by atoms with E-state index in [0.29, 0.717) is 27.7 Å². The van der Waals surface area contributed by atoms with Gasteiger partial charge in [0, 0.05) is 22.4 Å². The van der Waals surface area contributed by atoms with Crippen LogP contribution in [0.15, 0.2) is 91.0 Å². The van der Waals surface area contributed by atoms with Gasteiger partial charge in [0.25, 0.3) is 5.91 Å². The van der Waals surface area contributed by atoms with Crippen molar-refractivity contribution in [3.63, 3.8) is 0 Å². The number of ether oxygens (including phenoxy) is 1. The zero-order chi connectivity index (χ0) is 27.8. The number of carbonyl (C=O) groups excluding carboxylic acids is 3. The van der Waals surface area contributed by atoms with Crippen LogP contribution in [0.2, 0.25) is 5.02 Å². The Kier molecular flexibility index (Phi) is 5.41. The SMILES string of the molecule is COc1ccc(Cl)cc1NC(=O)c1ccc(N2C(=O)[C@H]3C4c5ccccc5C(c5ccccc54)[C@@]3(C)C2=O)cc1. The van der Waals surface area contributed by atoms with Crippen molar-refractivity contribution in [1.82, 2.24) is 0 Å². The standard InChI is InChI=1S/C33H25ClN2O4/c1-33-28-23-9-5-3-7-21(23)27(22-8-4-6-10-24(22)28)29(33)31(38)36(32(33)39)20-14-11-18(12-15-20)30(37)35-25-17-19(34)13-16-26(25)40-2/h3-17,27-29H,1-2H3,(H,35,37)/t27?,28?,29-,33-/m1/s1. The molecule has 6 nitrogen and oxygen atoms in total. The molecule has 1 N–H and O–H groups in total. The van der Waals surface area contributed by atoms with E-state index in [9.17, 15) is 14.4 Å². The van der Waals surface area contributed by atoms with E-state index in [0.717, 1.165) is 22.3 Å². The molecule has 1 aliphatic heterocycles. The second kappa shape index (κ2) is 8.80. The molecule has 0 radical (unpaired) electrons. The molecule has 3 aliphatic carbocycles. The number of methoxy groups -OCH3 is 1. The Morgan fingerprint density at radius 3 is 2.08 bits per heavy atom. The Balaban J connectivity index is 1.23. The Bertz CT molecular complexity index is 1690. The number of amides is 3. The maximum absolute atomic E-state index is 14.2. The maximum Gasteiger partial charge on any atom is 0.255 e. The van der Waals surface area contributed by atoms with Gasteiger partial charge in [0.05, 0.1) is 29.8 Å². The van der Waals surface area contributed by atoms with E-state index in [1.807, 2.05) is 31.2 Å². The molecule has 0 unspecified atom stereocenters. The number of carbonyl (C=O) groups is 3. The smallest absolute Gasteiger partial charge is 0.255 e. The third-order valence-corrected chi connectivity index (χ3v) is 9.05. The van der Waals surface area contributed by atoms with Crippen LogP contribution >= 0.6 is 11.6 Å². The molecule has 0 aromatic heterocycles. The van der Waals surface area contributed by atoms with Crippen molar-refractivity contribution in [2.24, 2.45) is 11.3 Å². The number of hydrogen-bond donors (Lipinski definition) is 1. The Hall–Kier alpha value is -4.42. The molecule has 4 aliphatic rings. The first-order valence-electron chi connectivity index (χ1n) is 13.2. The highest BCUT2D eigenvalue weighted by atomic mass is 35.5. The first-order chi connectivity index (χ1) is 19.3. The largest absolute Gasteiger partial charge is 0.495 e. The Morgan fingerprint density at radius 2 is 1.48 bits per heavy atom. The van der Waals surface area contributed by atoms with E-state index in [4.69, 9.17) is 16.3 Å². The molecule has 1 fully saturated rings. The number of hydrogen-bond acceptors (Lipinski definition) is 4. The van der Waals surface area contributed by atoms with Crippen LogP contribution in [0.4, 0.5) is 11.4 Å². The van der Waals surface area contributed by atoms with Gasteiger partial charge in [0.2, 0.25) is 11.8 Å². The summed E-state index contributed by atoms with van der Waals surface area (Å²) >= 11 is 6.10. The van der Waals surface area contributed by atoms with Crippen molar-refractivity contribution < 1.29 is 19.1 Å². The van der Waals surface area contributed by atoms with E-state index in [-0.39, 0.29) is 29.6 Å². The van der Waals surface area contributed by atoms with Crippen LogP contribution in [0.5, 0.6) is 5.75 Å². The van der Waals surface area contributed by atoms with Crippen LogP contribution in [0.25, 0.3) is 0 Å². The van der Waals surface area contributed by atoms with Crippen LogP contribution in [0.3, 0.4) is 0 Å². The monoisotopic (exact) mass is 548 g/mol. The van der Waals surface area contributed by atoms with Crippen LogP contribution in [0.1, 0.15) is 51.4 Å². The lowest BCUT2D eigenvalue weighted by molar-refractivity contribution is -0.128. The van der Waals surface area contributed by atoms with Gasteiger partial charge in [-0.25, -0.2) is 4.90 Å². The van der Waals surface area contributed by atoms with Crippen molar-refractivity contribution in [3.05, 3.63) is 124 Å². The number of halogens is 1. The summed E-state index contributed by atoms with van der Waals surface area (Å²) in [5.41, 5.74) is 4.85. The molecule has 198 valence electrons. The van der Waals surface area contributed by atoms with Gasteiger partial charge in [-0.05, 0) is 71.6 Å². The highest BCUT2D eigenvalue weighted by Crippen LogP contribution is 2.67. The van der Waals surface area contributed by atoms with Gasteiger partial charge < -0.3 is 10.1 Å². The quantitative estimate of drug-likeness (QED) is 0.300. The van der Waals surface area contributed by atoms with Crippen molar-refractivity contribution >= 4 is 40.7 Å². The number of benzene rings is 4. The highest BCUT2D eigenvalue weighted by molar-refractivity contribution is 6.31. The topological polar surface area (TPSA) is 75.7 Å². The lowest BCUT2D eigenvalue weighted by Crippen LogP contribution is -2.49. The molecule has 4 aromatic rings. The summed E-state index contributed by atoms with van der Waals surface area (Å²) < 4.78 is 5.32. The number of nitrogens with one attached hydrogen (secondary N) is 1. The molecule has 2 atom stereocenters. The second-order valence-corrected chi connectivity index (χ2v) is 11.2. The van der Waals surface area contributed by atoms with Crippen LogP contribution < -0.4 is 15.0 Å². The van der Waals surface area contributed by atoms with Gasteiger partial charge in [0.1, 0.15) is 5.75 Å². The minimum atomic E-state index is -0.913. The van der Waals surface area contributed by atoms with Gasteiger partial charge in [-0.15, -0.1) is 0 Å². The zero-order valence-corrected chi connectivity index (χ0v) is 22.6. The Morgan fingerprint density at radius 1 is 0.875 bits per heavy atom. The van der Waals surface area contributed by atoms with Gasteiger partial charge in [-0.2, -0.15) is 0 Å². The summed E-state index contributed by atoms with van der Waals surface area (Å²) in [5.74, 6) is -1.20. The van der Waals surface area contributed by atoms with Crippen molar-refractivity contribution in [1.29, 1.82) is 0 Å². The predicted molar refractivity (Wildman–Crippen MR) is 153 cm³/mol. The van der Waals surface area contributed by atoms with Crippen molar-refractivity contribution in [3.8, 4) is 5.75 Å². The van der Waals surface area contributed by atoms with Crippen LogP contribution in [-0.4, -0.2) is 24.8 Å². The molecular weight excluding hydrogens is 524 g/mol. The number of anilines is 2. The van der Waals surface area contributed by atoms with E-state index < -0.39 is 11.3 Å². The average Bonchev–Trinajstić information content (AvgIpc) is 3.18. The third-order valence-electron chi connectivity index (χ3n) is 8.81. The molecule has 3 amide bonds. The van der Waals surface area contributed by atoms with Gasteiger partial charge in [-0.1, -0.05) is 60.1 Å². The minimum Gasteiger partial charge on any atom is -0.495 e. The van der Waals surface area contributed by atoms with E-state index in [1.165, 1.54) is 12.0 Å². The minimum absolute atomic E-state index is 0.193. The second-order valence-electron chi connectivity index (χ2n) is 10.8. The molecule has 0 saturated carbocycles. The number of rotatable bonds is 4. The van der Waals surface area contributed by atoms with E-state index in [1.54, 1.807) is 42.5 Å². The lowest BCUT2D eigenvalue weighted by atomic mass is 9.48. The molecule has 2 bridgehead atoms. The van der Waals surface area contributed by atoms with Gasteiger partial charge in [-0.3, -0.25) is 14.4 Å². The van der Waals surface area contributed by atoms with E-state index >= 15 is 0 Å². The molecule has 8 rings (SSSR count). The summed E-state index contributed by atoms with van der Waals surface area (Å²) in [6, 6.07) is 27.9. The van der Waals surface area contributed by atoms with Gasteiger partial charge >= 0.3 is 0 Å². The highest BCUT2D eigenvalue weighted by Gasteiger charge is 2.68. The average molecular weight is 549 g/mol. The Labute approximate surface area is 236 Å². The van der Waals surface area contributed by atoms with Crippen LogP contribution in [0, 0.1) is 11.3 Å².